The first kappa shape index (κ1) is 13.1. The Hall–Kier alpha value is -1.95. The second kappa shape index (κ2) is 5.58. The molecule has 0 amide bonds. The number of hydrogen-bond donors (Lipinski definition) is 0. The first-order valence-corrected chi connectivity index (χ1v) is 6.69. The van der Waals surface area contributed by atoms with Crippen LogP contribution < -0.4 is 4.90 Å². The molecule has 0 radical (unpaired) electrons. The van der Waals surface area contributed by atoms with Crippen molar-refractivity contribution in [3.63, 3.8) is 0 Å². The van der Waals surface area contributed by atoms with Gasteiger partial charge in [-0.1, -0.05) is 6.07 Å². The zero-order valence-corrected chi connectivity index (χ0v) is 11.4. The summed E-state index contributed by atoms with van der Waals surface area (Å²) < 4.78 is 20.8. The predicted molar refractivity (Wildman–Crippen MR) is 73.1 cm³/mol. The number of hydrogen-bond acceptors (Lipinski definition) is 4. The van der Waals surface area contributed by atoms with Gasteiger partial charge in [0.1, 0.15) is 5.82 Å². The van der Waals surface area contributed by atoms with Crippen LogP contribution in [0.3, 0.4) is 0 Å². The maximum Gasteiger partial charge on any atom is 0.214 e. The van der Waals surface area contributed by atoms with Crippen molar-refractivity contribution in [3.05, 3.63) is 42.1 Å². The third-order valence-corrected chi connectivity index (χ3v) is 3.32. The topological polar surface area (TPSA) is 43.2 Å². The number of rotatable bonds is 3. The van der Waals surface area contributed by atoms with Gasteiger partial charge in [-0.2, -0.15) is 9.49 Å². The molecule has 6 heteroatoms. The van der Waals surface area contributed by atoms with E-state index in [4.69, 9.17) is 4.74 Å². The maximum absolute atomic E-state index is 13.2. The van der Waals surface area contributed by atoms with E-state index in [9.17, 15) is 4.39 Å². The smallest absolute Gasteiger partial charge is 0.214 e. The molecular weight excluding hydrogens is 259 g/mol. The minimum absolute atomic E-state index is 0.0353. The summed E-state index contributed by atoms with van der Waals surface area (Å²) in [6.45, 7) is 4.73. The van der Waals surface area contributed by atoms with Crippen molar-refractivity contribution in [2.24, 2.45) is 0 Å². The van der Waals surface area contributed by atoms with Gasteiger partial charge in [0.2, 0.25) is 5.95 Å². The van der Waals surface area contributed by atoms with Gasteiger partial charge in [0.15, 0.2) is 0 Å². The van der Waals surface area contributed by atoms with Gasteiger partial charge in [-0.05, 0) is 24.6 Å². The van der Waals surface area contributed by atoms with Crippen molar-refractivity contribution in [1.29, 1.82) is 0 Å². The number of halogens is 1. The van der Waals surface area contributed by atoms with Gasteiger partial charge in [-0.15, -0.1) is 0 Å². The molecule has 0 saturated carbocycles. The summed E-state index contributed by atoms with van der Waals surface area (Å²) in [5.41, 5.74) is 1.13. The molecule has 3 rings (SSSR count). The quantitative estimate of drug-likeness (QED) is 0.799. The summed E-state index contributed by atoms with van der Waals surface area (Å²) in [7, 11) is 0. The average molecular weight is 276 g/mol. The summed E-state index contributed by atoms with van der Waals surface area (Å²) >= 11 is 0. The SMILES string of the molecule is Cc1cnn(CC2CN(c3cccc(F)n3)CCO2)c1. The molecule has 106 valence electrons. The van der Waals surface area contributed by atoms with Gasteiger partial charge in [0.05, 0.1) is 25.5 Å². The molecule has 1 atom stereocenters. The zero-order chi connectivity index (χ0) is 13.9. The highest BCUT2D eigenvalue weighted by Crippen LogP contribution is 2.16. The largest absolute Gasteiger partial charge is 0.373 e. The summed E-state index contributed by atoms with van der Waals surface area (Å²) in [5, 5.41) is 4.26. The number of pyridine rings is 1. The van der Waals surface area contributed by atoms with Crippen LogP contribution in [0.2, 0.25) is 0 Å². The minimum atomic E-state index is -0.451. The predicted octanol–water partition coefficient (Wildman–Crippen LogP) is 1.63. The Morgan fingerprint density at radius 2 is 2.35 bits per heavy atom. The van der Waals surface area contributed by atoms with Crippen LogP contribution in [0, 0.1) is 12.9 Å². The number of aromatic nitrogens is 3. The molecule has 0 bridgehead atoms. The third-order valence-electron chi connectivity index (χ3n) is 3.32. The van der Waals surface area contributed by atoms with E-state index in [1.54, 1.807) is 6.07 Å². The molecule has 0 aromatic carbocycles. The van der Waals surface area contributed by atoms with Crippen LogP contribution in [0.4, 0.5) is 10.2 Å². The number of nitrogens with zero attached hydrogens (tertiary/aromatic N) is 4. The number of anilines is 1. The molecule has 1 fully saturated rings. The summed E-state index contributed by atoms with van der Waals surface area (Å²) in [6.07, 6.45) is 3.85. The molecule has 3 heterocycles. The van der Waals surface area contributed by atoms with Crippen molar-refractivity contribution in [2.45, 2.75) is 19.6 Å². The highest BCUT2D eigenvalue weighted by Gasteiger charge is 2.22. The summed E-state index contributed by atoms with van der Waals surface area (Å²) in [6, 6.07) is 4.86. The monoisotopic (exact) mass is 276 g/mol. The highest BCUT2D eigenvalue weighted by molar-refractivity contribution is 5.38. The van der Waals surface area contributed by atoms with Crippen LogP contribution in [0.5, 0.6) is 0 Å². The molecule has 5 nitrogen and oxygen atoms in total. The second-order valence-corrected chi connectivity index (χ2v) is 5.00. The second-order valence-electron chi connectivity index (χ2n) is 5.00. The molecule has 20 heavy (non-hydrogen) atoms. The van der Waals surface area contributed by atoms with E-state index >= 15 is 0 Å². The van der Waals surface area contributed by atoms with Gasteiger partial charge >= 0.3 is 0 Å². The fraction of sp³-hybridized carbons (Fsp3) is 0.429. The number of morpholine rings is 1. The van der Waals surface area contributed by atoms with Crippen molar-refractivity contribution in [2.75, 3.05) is 24.6 Å². The Labute approximate surface area is 117 Å². The fourth-order valence-corrected chi connectivity index (χ4v) is 2.39. The van der Waals surface area contributed by atoms with E-state index < -0.39 is 5.95 Å². The number of aryl methyl sites for hydroxylation is 1. The molecule has 1 aliphatic heterocycles. The van der Waals surface area contributed by atoms with Crippen LogP contribution >= 0.6 is 0 Å². The van der Waals surface area contributed by atoms with E-state index in [1.165, 1.54) is 6.07 Å². The molecular formula is C14H17FN4O. The molecule has 0 spiro atoms. The lowest BCUT2D eigenvalue weighted by molar-refractivity contribution is 0.0271. The van der Waals surface area contributed by atoms with E-state index in [0.29, 0.717) is 25.5 Å². The van der Waals surface area contributed by atoms with Gasteiger partial charge in [0, 0.05) is 19.3 Å². The summed E-state index contributed by atoms with van der Waals surface area (Å²) in [4.78, 5) is 5.97. The lowest BCUT2D eigenvalue weighted by Gasteiger charge is -2.33. The lowest BCUT2D eigenvalue weighted by atomic mass is 10.2. The Balaban J connectivity index is 1.67. The molecule has 2 aromatic heterocycles. The van der Waals surface area contributed by atoms with Crippen molar-refractivity contribution in [3.8, 4) is 0 Å². The van der Waals surface area contributed by atoms with Gasteiger partial charge in [0.25, 0.3) is 0 Å². The molecule has 0 N–H and O–H groups in total. The Morgan fingerprint density at radius 1 is 1.45 bits per heavy atom. The van der Waals surface area contributed by atoms with Crippen molar-refractivity contribution >= 4 is 5.82 Å². The van der Waals surface area contributed by atoms with Gasteiger partial charge in [-0.25, -0.2) is 4.98 Å². The minimum Gasteiger partial charge on any atom is -0.373 e. The van der Waals surface area contributed by atoms with Crippen LogP contribution in [-0.4, -0.2) is 40.6 Å². The number of ether oxygens (including phenoxy) is 1. The van der Waals surface area contributed by atoms with Gasteiger partial charge < -0.3 is 9.64 Å². The summed E-state index contributed by atoms with van der Waals surface area (Å²) in [5.74, 6) is 0.211. The van der Waals surface area contributed by atoms with E-state index in [1.807, 2.05) is 35.0 Å². The molecule has 1 saturated heterocycles. The van der Waals surface area contributed by atoms with E-state index in [-0.39, 0.29) is 6.10 Å². The van der Waals surface area contributed by atoms with E-state index in [2.05, 4.69) is 10.1 Å². The van der Waals surface area contributed by atoms with Crippen LogP contribution in [0.25, 0.3) is 0 Å². The highest BCUT2D eigenvalue weighted by atomic mass is 19.1. The Kier molecular flexibility index (Phi) is 3.64. The Bertz CT molecular complexity index is 586. The van der Waals surface area contributed by atoms with Gasteiger partial charge in [-0.3, -0.25) is 4.68 Å². The zero-order valence-electron chi connectivity index (χ0n) is 11.4. The fourth-order valence-electron chi connectivity index (χ4n) is 2.39. The molecule has 1 aliphatic rings. The molecule has 1 unspecified atom stereocenters. The average Bonchev–Trinajstić information content (AvgIpc) is 2.84. The normalized spacial score (nSPS) is 19.3. The van der Waals surface area contributed by atoms with E-state index in [0.717, 1.165) is 12.1 Å². The van der Waals surface area contributed by atoms with Crippen LogP contribution in [0.1, 0.15) is 5.56 Å². The molecule has 0 aliphatic carbocycles. The first-order valence-electron chi connectivity index (χ1n) is 6.69. The first-order chi connectivity index (χ1) is 9.70. The third kappa shape index (κ3) is 2.96. The molecule has 2 aromatic rings. The maximum atomic E-state index is 13.2. The van der Waals surface area contributed by atoms with Crippen LogP contribution in [0.15, 0.2) is 30.6 Å². The van der Waals surface area contributed by atoms with Crippen LogP contribution in [-0.2, 0) is 11.3 Å². The van der Waals surface area contributed by atoms with Crippen molar-refractivity contribution in [1.82, 2.24) is 14.8 Å². The standard InChI is InChI=1S/C14H17FN4O/c1-11-7-16-19(8-11)10-12-9-18(5-6-20-12)14-4-2-3-13(15)17-14/h2-4,7-8,12H,5-6,9-10H2,1H3. The Morgan fingerprint density at radius 3 is 3.10 bits per heavy atom. The lowest BCUT2D eigenvalue weighted by Crippen LogP contribution is -2.44. The van der Waals surface area contributed by atoms with Crippen molar-refractivity contribution < 1.29 is 9.13 Å².